The molecule has 1 heterocycles. The molecule has 3 rings (SSSR count). The Balaban J connectivity index is 1.88. The highest BCUT2D eigenvalue weighted by Crippen LogP contribution is 2.49. The minimum absolute atomic E-state index is 0.0164. The molecule has 3 nitrogen and oxygen atoms in total. The van der Waals surface area contributed by atoms with Crippen LogP contribution in [0.15, 0.2) is 34.7 Å². The van der Waals surface area contributed by atoms with Crippen molar-refractivity contribution in [2.45, 2.75) is 12.3 Å². The van der Waals surface area contributed by atoms with E-state index in [4.69, 9.17) is 32.7 Å². The number of carboxylic acids is 1. The summed E-state index contributed by atoms with van der Waals surface area (Å²) in [6, 6.07) is 8.80. The van der Waals surface area contributed by atoms with Gasteiger partial charge in [0.1, 0.15) is 11.5 Å². The van der Waals surface area contributed by atoms with Gasteiger partial charge in [0.15, 0.2) is 0 Å². The van der Waals surface area contributed by atoms with Gasteiger partial charge in [-0.1, -0.05) is 23.2 Å². The van der Waals surface area contributed by atoms with Gasteiger partial charge in [0, 0.05) is 16.5 Å². The largest absolute Gasteiger partial charge is 0.481 e. The molecule has 1 N–H and O–H groups in total. The standard InChI is InChI=1S/C14H10Cl2O3/c15-7-1-2-8(11(16)5-7)12-3-4-13(19-12)9-6-10(9)14(17)18/h1-5,9-10H,6H2,(H,17,18)/t9-,10-/m1/s1. The lowest BCUT2D eigenvalue weighted by molar-refractivity contribution is -0.138. The summed E-state index contributed by atoms with van der Waals surface area (Å²) < 4.78 is 5.70. The smallest absolute Gasteiger partial charge is 0.307 e. The molecule has 19 heavy (non-hydrogen) atoms. The van der Waals surface area contributed by atoms with Gasteiger partial charge in [0.05, 0.1) is 10.9 Å². The van der Waals surface area contributed by atoms with Gasteiger partial charge in [-0.15, -0.1) is 0 Å². The van der Waals surface area contributed by atoms with E-state index in [0.29, 0.717) is 28.0 Å². The molecule has 0 amide bonds. The summed E-state index contributed by atoms with van der Waals surface area (Å²) in [7, 11) is 0. The third kappa shape index (κ3) is 2.36. The molecule has 0 unspecified atom stereocenters. The summed E-state index contributed by atoms with van der Waals surface area (Å²) in [4.78, 5) is 10.8. The van der Waals surface area contributed by atoms with Crippen LogP contribution in [0.4, 0.5) is 0 Å². The maximum atomic E-state index is 10.8. The molecule has 0 aliphatic heterocycles. The Hall–Kier alpha value is -1.45. The van der Waals surface area contributed by atoms with Crippen molar-refractivity contribution in [1.29, 1.82) is 0 Å². The molecule has 1 aliphatic carbocycles. The lowest BCUT2D eigenvalue weighted by Crippen LogP contribution is -1.98. The van der Waals surface area contributed by atoms with Crippen LogP contribution in [0, 0.1) is 5.92 Å². The second kappa shape index (κ2) is 4.58. The number of carbonyl (C=O) groups is 1. The first-order chi connectivity index (χ1) is 9.06. The van der Waals surface area contributed by atoms with Crippen molar-refractivity contribution in [3.8, 4) is 11.3 Å². The third-order valence-electron chi connectivity index (χ3n) is 3.30. The topological polar surface area (TPSA) is 50.4 Å². The average Bonchev–Trinajstić information content (AvgIpc) is 3.01. The van der Waals surface area contributed by atoms with E-state index in [1.807, 2.05) is 12.1 Å². The molecule has 1 saturated carbocycles. The molecule has 0 saturated heterocycles. The van der Waals surface area contributed by atoms with Crippen molar-refractivity contribution >= 4 is 29.2 Å². The van der Waals surface area contributed by atoms with Gasteiger partial charge in [-0.25, -0.2) is 0 Å². The van der Waals surface area contributed by atoms with Crippen LogP contribution < -0.4 is 0 Å². The Morgan fingerprint density at radius 3 is 2.68 bits per heavy atom. The lowest BCUT2D eigenvalue weighted by Gasteiger charge is -2.01. The molecule has 1 aliphatic rings. The Kier molecular flexibility index (Phi) is 3.03. The van der Waals surface area contributed by atoms with Gasteiger partial charge < -0.3 is 9.52 Å². The van der Waals surface area contributed by atoms with E-state index in [-0.39, 0.29) is 11.8 Å². The number of rotatable bonds is 3. The summed E-state index contributed by atoms with van der Waals surface area (Å²) in [6.07, 6.45) is 0.636. The fourth-order valence-corrected chi connectivity index (χ4v) is 2.67. The van der Waals surface area contributed by atoms with Gasteiger partial charge >= 0.3 is 5.97 Å². The predicted octanol–water partition coefficient (Wildman–Crippen LogP) is 4.44. The van der Waals surface area contributed by atoms with Crippen molar-refractivity contribution < 1.29 is 14.3 Å². The van der Waals surface area contributed by atoms with Crippen LogP contribution in [0.2, 0.25) is 10.0 Å². The number of hydrogen-bond donors (Lipinski definition) is 1. The predicted molar refractivity (Wildman–Crippen MR) is 72.6 cm³/mol. The van der Waals surface area contributed by atoms with E-state index in [1.54, 1.807) is 18.2 Å². The molecular weight excluding hydrogens is 287 g/mol. The Morgan fingerprint density at radius 2 is 2.05 bits per heavy atom. The van der Waals surface area contributed by atoms with E-state index in [2.05, 4.69) is 0 Å². The van der Waals surface area contributed by atoms with Crippen molar-refractivity contribution in [3.05, 3.63) is 46.1 Å². The number of benzene rings is 1. The zero-order valence-electron chi connectivity index (χ0n) is 9.77. The van der Waals surface area contributed by atoms with Crippen LogP contribution in [0.1, 0.15) is 18.1 Å². The molecule has 0 spiro atoms. The summed E-state index contributed by atoms with van der Waals surface area (Å²) >= 11 is 12.0. The van der Waals surface area contributed by atoms with Gasteiger partial charge in [0.25, 0.3) is 0 Å². The van der Waals surface area contributed by atoms with Gasteiger partial charge in [-0.3, -0.25) is 4.79 Å². The van der Waals surface area contributed by atoms with Gasteiger partial charge in [0.2, 0.25) is 0 Å². The van der Waals surface area contributed by atoms with Crippen molar-refractivity contribution in [2.24, 2.45) is 5.92 Å². The van der Waals surface area contributed by atoms with Crippen molar-refractivity contribution in [1.82, 2.24) is 0 Å². The normalized spacial score (nSPS) is 21.4. The number of furan rings is 1. The van der Waals surface area contributed by atoms with E-state index in [1.165, 1.54) is 0 Å². The van der Waals surface area contributed by atoms with Crippen LogP contribution in [0.3, 0.4) is 0 Å². The molecule has 0 radical (unpaired) electrons. The quantitative estimate of drug-likeness (QED) is 0.911. The SMILES string of the molecule is O=C(O)[C@@H]1C[C@H]1c1ccc(-c2ccc(Cl)cc2Cl)o1. The highest BCUT2D eigenvalue weighted by molar-refractivity contribution is 6.36. The molecule has 1 aromatic carbocycles. The van der Waals surface area contributed by atoms with Crippen LogP contribution in [0.5, 0.6) is 0 Å². The average molecular weight is 297 g/mol. The zero-order valence-corrected chi connectivity index (χ0v) is 11.3. The lowest BCUT2D eigenvalue weighted by atomic mass is 10.2. The van der Waals surface area contributed by atoms with E-state index < -0.39 is 5.97 Å². The van der Waals surface area contributed by atoms with Crippen molar-refractivity contribution in [2.75, 3.05) is 0 Å². The highest BCUT2D eigenvalue weighted by atomic mass is 35.5. The monoisotopic (exact) mass is 296 g/mol. The molecule has 1 aromatic heterocycles. The Morgan fingerprint density at radius 1 is 1.26 bits per heavy atom. The molecule has 2 atom stereocenters. The fourth-order valence-electron chi connectivity index (χ4n) is 2.17. The van der Waals surface area contributed by atoms with Crippen LogP contribution in [-0.2, 0) is 4.79 Å². The van der Waals surface area contributed by atoms with Gasteiger partial charge in [-0.05, 0) is 36.8 Å². The number of aliphatic carboxylic acids is 1. The second-order valence-electron chi connectivity index (χ2n) is 4.61. The third-order valence-corrected chi connectivity index (χ3v) is 3.84. The van der Waals surface area contributed by atoms with Crippen LogP contribution >= 0.6 is 23.2 Å². The van der Waals surface area contributed by atoms with E-state index in [9.17, 15) is 4.79 Å². The first kappa shape index (κ1) is 12.6. The van der Waals surface area contributed by atoms with Crippen molar-refractivity contribution in [3.63, 3.8) is 0 Å². The first-order valence-corrected chi connectivity index (χ1v) is 6.60. The number of carboxylic acid groups (broad SMARTS) is 1. The summed E-state index contributed by atoms with van der Waals surface area (Å²) in [5.41, 5.74) is 0.754. The molecule has 2 aromatic rings. The second-order valence-corrected chi connectivity index (χ2v) is 5.46. The van der Waals surface area contributed by atoms with Crippen LogP contribution in [0.25, 0.3) is 11.3 Å². The minimum atomic E-state index is -0.771. The molecule has 1 fully saturated rings. The van der Waals surface area contributed by atoms with Gasteiger partial charge in [-0.2, -0.15) is 0 Å². The fraction of sp³-hybridized carbons (Fsp3) is 0.214. The number of halogens is 2. The van der Waals surface area contributed by atoms with Crippen LogP contribution in [-0.4, -0.2) is 11.1 Å². The molecule has 0 bridgehead atoms. The Labute approximate surface area is 119 Å². The number of hydrogen-bond acceptors (Lipinski definition) is 2. The van der Waals surface area contributed by atoms with E-state index in [0.717, 1.165) is 5.56 Å². The minimum Gasteiger partial charge on any atom is -0.481 e. The molecule has 5 heteroatoms. The summed E-state index contributed by atoms with van der Waals surface area (Å²) in [5, 5.41) is 9.98. The van der Waals surface area contributed by atoms with E-state index >= 15 is 0 Å². The summed E-state index contributed by atoms with van der Waals surface area (Å²) in [6.45, 7) is 0. The molecule has 98 valence electrons. The summed E-state index contributed by atoms with van der Waals surface area (Å²) in [5.74, 6) is 0.227. The highest BCUT2D eigenvalue weighted by Gasteiger charge is 2.46. The zero-order chi connectivity index (χ0) is 13.6. The molecular formula is C14H10Cl2O3. The Bertz CT molecular complexity index is 648. The maximum Gasteiger partial charge on any atom is 0.307 e. The first-order valence-electron chi connectivity index (χ1n) is 5.84. The maximum absolute atomic E-state index is 10.8.